The number of halogens is 3. The van der Waals surface area contributed by atoms with E-state index in [0.29, 0.717) is 19.0 Å². The van der Waals surface area contributed by atoms with Gasteiger partial charge in [-0.05, 0) is 37.6 Å². The second kappa shape index (κ2) is 11.0. The van der Waals surface area contributed by atoms with Crippen molar-refractivity contribution in [2.75, 3.05) is 13.1 Å². The van der Waals surface area contributed by atoms with Crippen molar-refractivity contribution in [2.45, 2.75) is 26.4 Å². The molecule has 0 bridgehead atoms. The minimum atomic E-state index is -0.464. The average molecular weight is 449 g/mol. The van der Waals surface area contributed by atoms with Gasteiger partial charge in [-0.25, -0.2) is 13.8 Å². The molecule has 0 aliphatic heterocycles. The highest BCUT2D eigenvalue weighted by Crippen LogP contribution is 2.10. The summed E-state index contributed by atoms with van der Waals surface area (Å²) in [5.74, 6) is -0.338. The molecule has 0 radical (unpaired) electrons. The molecule has 2 aromatic rings. The van der Waals surface area contributed by atoms with Crippen LogP contribution in [0.4, 0.5) is 8.78 Å². The SMILES string of the molecule is CCNC(=NCc1cc(F)ccc1F)NCCCn1cccn1.I. The second-order valence-corrected chi connectivity index (χ2v) is 4.98. The summed E-state index contributed by atoms with van der Waals surface area (Å²) < 4.78 is 28.6. The Morgan fingerprint density at radius 2 is 2.12 bits per heavy atom. The summed E-state index contributed by atoms with van der Waals surface area (Å²) in [6.07, 6.45) is 4.53. The van der Waals surface area contributed by atoms with Crippen LogP contribution < -0.4 is 10.6 Å². The van der Waals surface area contributed by atoms with Gasteiger partial charge >= 0.3 is 0 Å². The molecule has 132 valence electrons. The van der Waals surface area contributed by atoms with Crippen LogP contribution in [0.25, 0.3) is 0 Å². The summed E-state index contributed by atoms with van der Waals surface area (Å²) in [6, 6.07) is 5.26. The number of nitrogens with one attached hydrogen (secondary N) is 2. The second-order valence-electron chi connectivity index (χ2n) is 4.98. The molecule has 2 rings (SSSR count). The molecule has 0 spiro atoms. The van der Waals surface area contributed by atoms with Crippen LogP contribution in [0.1, 0.15) is 18.9 Å². The Morgan fingerprint density at radius 1 is 1.29 bits per heavy atom. The maximum atomic E-state index is 13.6. The zero-order chi connectivity index (χ0) is 16.5. The van der Waals surface area contributed by atoms with Gasteiger partial charge in [0.1, 0.15) is 11.6 Å². The number of rotatable bonds is 7. The van der Waals surface area contributed by atoms with Crippen LogP contribution >= 0.6 is 24.0 Å². The zero-order valence-electron chi connectivity index (χ0n) is 13.5. The molecule has 0 saturated carbocycles. The van der Waals surface area contributed by atoms with E-state index in [4.69, 9.17) is 0 Å². The fourth-order valence-electron chi connectivity index (χ4n) is 2.05. The Kier molecular flexibility index (Phi) is 9.28. The molecule has 1 heterocycles. The number of hydrogen-bond donors (Lipinski definition) is 2. The first kappa shape index (κ1) is 20.3. The molecule has 5 nitrogen and oxygen atoms in total. The summed E-state index contributed by atoms with van der Waals surface area (Å²) in [7, 11) is 0. The van der Waals surface area contributed by atoms with Crippen molar-refractivity contribution in [3.05, 3.63) is 53.9 Å². The molecule has 8 heteroatoms. The molecule has 0 atom stereocenters. The number of aryl methyl sites for hydroxylation is 1. The van der Waals surface area contributed by atoms with E-state index in [1.165, 1.54) is 6.07 Å². The quantitative estimate of drug-likeness (QED) is 0.296. The Labute approximate surface area is 157 Å². The summed E-state index contributed by atoms with van der Waals surface area (Å²) in [6.45, 7) is 4.23. The number of benzene rings is 1. The average Bonchev–Trinajstić information content (AvgIpc) is 3.05. The van der Waals surface area contributed by atoms with Crippen LogP contribution in [0.3, 0.4) is 0 Å². The Bertz CT molecular complexity index is 631. The first-order valence-corrected chi connectivity index (χ1v) is 7.62. The van der Waals surface area contributed by atoms with E-state index in [1.54, 1.807) is 6.20 Å². The first-order valence-electron chi connectivity index (χ1n) is 7.62. The molecule has 0 aliphatic carbocycles. The van der Waals surface area contributed by atoms with Gasteiger partial charge < -0.3 is 10.6 Å². The van der Waals surface area contributed by atoms with Crippen LogP contribution in [-0.2, 0) is 13.1 Å². The molecule has 0 amide bonds. The molecule has 2 N–H and O–H groups in total. The lowest BCUT2D eigenvalue weighted by Crippen LogP contribution is -2.38. The van der Waals surface area contributed by atoms with Gasteiger partial charge in [0, 0.05) is 37.6 Å². The van der Waals surface area contributed by atoms with E-state index in [-0.39, 0.29) is 36.1 Å². The molecule has 0 saturated heterocycles. The topological polar surface area (TPSA) is 54.2 Å². The number of hydrogen-bond acceptors (Lipinski definition) is 2. The smallest absolute Gasteiger partial charge is 0.191 e. The minimum Gasteiger partial charge on any atom is -0.357 e. The molecule has 0 unspecified atom stereocenters. The van der Waals surface area contributed by atoms with Gasteiger partial charge in [-0.1, -0.05) is 0 Å². The van der Waals surface area contributed by atoms with E-state index in [1.807, 2.05) is 23.9 Å². The lowest BCUT2D eigenvalue weighted by atomic mass is 10.2. The van der Waals surface area contributed by atoms with E-state index in [9.17, 15) is 8.78 Å². The van der Waals surface area contributed by atoms with Gasteiger partial charge in [0.05, 0.1) is 6.54 Å². The van der Waals surface area contributed by atoms with Gasteiger partial charge in [0.25, 0.3) is 0 Å². The highest BCUT2D eigenvalue weighted by atomic mass is 127. The van der Waals surface area contributed by atoms with Crippen molar-refractivity contribution in [1.82, 2.24) is 20.4 Å². The van der Waals surface area contributed by atoms with E-state index >= 15 is 0 Å². The zero-order valence-corrected chi connectivity index (χ0v) is 15.8. The highest BCUT2D eigenvalue weighted by molar-refractivity contribution is 14.0. The van der Waals surface area contributed by atoms with E-state index < -0.39 is 11.6 Å². The van der Waals surface area contributed by atoms with Crippen molar-refractivity contribution in [2.24, 2.45) is 4.99 Å². The van der Waals surface area contributed by atoms with E-state index in [0.717, 1.165) is 25.1 Å². The molecule has 24 heavy (non-hydrogen) atoms. The van der Waals surface area contributed by atoms with Crippen molar-refractivity contribution in [3.63, 3.8) is 0 Å². The summed E-state index contributed by atoms with van der Waals surface area (Å²) in [5, 5.41) is 10.4. The lowest BCUT2D eigenvalue weighted by molar-refractivity contribution is 0.569. The number of aliphatic imine (C=N–C) groups is 1. The van der Waals surface area contributed by atoms with Crippen molar-refractivity contribution >= 4 is 29.9 Å². The van der Waals surface area contributed by atoms with Crippen LogP contribution in [-0.4, -0.2) is 28.8 Å². The van der Waals surface area contributed by atoms with Gasteiger partial charge in [0.15, 0.2) is 5.96 Å². The summed E-state index contributed by atoms with van der Waals surface area (Å²) in [5.41, 5.74) is 0.235. The van der Waals surface area contributed by atoms with Crippen LogP contribution in [0.15, 0.2) is 41.7 Å². The fraction of sp³-hybridized carbons (Fsp3) is 0.375. The molecule has 0 aliphatic rings. The lowest BCUT2D eigenvalue weighted by Gasteiger charge is -2.11. The maximum Gasteiger partial charge on any atom is 0.191 e. The number of guanidine groups is 1. The molecular formula is C16H22F2IN5. The predicted molar refractivity (Wildman–Crippen MR) is 101 cm³/mol. The van der Waals surface area contributed by atoms with Crippen LogP contribution in [0, 0.1) is 11.6 Å². The number of nitrogens with zero attached hydrogens (tertiary/aromatic N) is 3. The monoisotopic (exact) mass is 449 g/mol. The van der Waals surface area contributed by atoms with Gasteiger partial charge in [-0.2, -0.15) is 5.10 Å². The van der Waals surface area contributed by atoms with Crippen molar-refractivity contribution < 1.29 is 8.78 Å². The van der Waals surface area contributed by atoms with Crippen LogP contribution in [0.5, 0.6) is 0 Å². The molecule has 1 aromatic heterocycles. The Balaban J connectivity index is 0.00000288. The largest absolute Gasteiger partial charge is 0.357 e. The van der Waals surface area contributed by atoms with Gasteiger partial charge in [-0.15, -0.1) is 24.0 Å². The third kappa shape index (κ3) is 6.81. The maximum absolute atomic E-state index is 13.6. The van der Waals surface area contributed by atoms with Gasteiger partial charge in [-0.3, -0.25) is 4.68 Å². The van der Waals surface area contributed by atoms with Crippen molar-refractivity contribution in [3.8, 4) is 0 Å². The highest BCUT2D eigenvalue weighted by Gasteiger charge is 2.04. The molecule has 1 aromatic carbocycles. The van der Waals surface area contributed by atoms with Gasteiger partial charge in [0.2, 0.25) is 0 Å². The summed E-state index contributed by atoms with van der Waals surface area (Å²) in [4.78, 5) is 4.29. The molecular weight excluding hydrogens is 427 g/mol. The Hall–Kier alpha value is -1.71. The predicted octanol–water partition coefficient (Wildman–Crippen LogP) is 2.92. The summed E-state index contributed by atoms with van der Waals surface area (Å²) >= 11 is 0. The van der Waals surface area contributed by atoms with Crippen LogP contribution in [0.2, 0.25) is 0 Å². The minimum absolute atomic E-state index is 0. The first-order chi connectivity index (χ1) is 11.2. The van der Waals surface area contributed by atoms with E-state index in [2.05, 4.69) is 20.7 Å². The number of aromatic nitrogens is 2. The third-order valence-corrected chi connectivity index (χ3v) is 3.18. The third-order valence-electron chi connectivity index (χ3n) is 3.18. The Morgan fingerprint density at radius 3 is 2.83 bits per heavy atom. The standard InChI is InChI=1S/C16H21F2N5.HI/c1-2-19-16(20-7-3-9-23-10-4-8-22-23)21-12-13-11-14(17)5-6-15(13)18;/h4-6,8,10-11H,2-3,7,9,12H2,1H3,(H2,19,20,21);1H. The molecule has 0 fully saturated rings. The fourth-order valence-corrected chi connectivity index (χ4v) is 2.05. The normalized spacial score (nSPS) is 11.0. The van der Waals surface area contributed by atoms with Crippen molar-refractivity contribution in [1.29, 1.82) is 0 Å².